The van der Waals surface area contributed by atoms with Gasteiger partial charge in [-0.25, -0.2) is 13.1 Å². The Kier molecular flexibility index (Phi) is 4.44. The molecule has 6 heteroatoms. The Morgan fingerprint density at radius 2 is 2.00 bits per heavy atom. The van der Waals surface area contributed by atoms with Crippen molar-refractivity contribution in [2.24, 2.45) is 0 Å². The first-order chi connectivity index (χ1) is 9.08. The normalized spacial score (nSPS) is 20.5. The number of hydrogen-bond donors (Lipinski definition) is 2. The first kappa shape index (κ1) is 14.3. The van der Waals surface area contributed by atoms with E-state index in [9.17, 15) is 13.5 Å². The number of aliphatic hydroxyl groups is 1. The molecule has 1 aliphatic heterocycles. The summed E-state index contributed by atoms with van der Waals surface area (Å²) in [5.41, 5.74) is 0.966. The number of sulfonamides is 1. The van der Waals surface area contributed by atoms with Crippen LogP contribution in [0.5, 0.6) is 0 Å². The molecule has 1 saturated heterocycles. The minimum absolute atomic E-state index is 0.135. The molecule has 0 radical (unpaired) electrons. The summed E-state index contributed by atoms with van der Waals surface area (Å²) in [4.78, 5) is 2.41. The topological polar surface area (TPSA) is 69.6 Å². The van der Waals surface area contributed by atoms with Crippen molar-refractivity contribution in [2.75, 3.05) is 25.1 Å². The van der Waals surface area contributed by atoms with Gasteiger partial charge in [-0.15, -0.1) is 0 Å². The Hall–Kier alpha value is -1.11. The predicted molar refractivity (Wildman–Crippen MR) is 74.8 cm³/mol. The van der Waals surface area contributed by atoms with Crippen LogP contribution in [-0.4, -0.2) is 39.8 Å². The van der Waals surface area contributed by atoms with Gasteiger partial charge in [-0.05, 0) is 50.6 Å². The van der Waals surface area contributed by atoms with Crippen LogP contribution in [0.3, 0.4) is 0 Å². The molecule has 0 spiro atoms. The summed E-state index contributed by atoms with van der Waals surface area (Å²) in [6.45, 7) is 1.04. The molecule has 1 heterocycles. The monoisotopic (exact) mass is 284 g/mol. The molecule has 1 aromatic carbocycles. The maximum absolute atomic E-state index is 11.6. The van der Waals surface area contributed by atoms with Crippen molar-refractivity contribution in [3.05, 3.63) is 24.3 Å². The van der Waals surface area contributed by atoms with Gasteiger partial charge in [-0.2, -0.15) is 0 Å². The molecule has 0 aromatic heterocycles. The van der Waals surface area contributed by atoms with Crippen molar-refractivity contribution in [1.82, 2.24) is 4.72 Å². The first-order valence-corrected chi connectivity index (χ1v) is 7.98. The average molecular weight is 284 g/mol. The second-order valence-corrected chi connectivity index (χ2v) is 6.61. The second kappa shape index (κ2) is 5.90. The van der Waals surface area contributed by atoms with Crippen LogP contribution in [0.1, 0.15) is 19.3 Å². The Balaban J connectivity index is 2.22. The number of rotatable bonds is 4. The third-order valence-corrected chi connectivity index (χ3v) is 5.02. The van der Waals surface area contributed by atoms with Crippen LogP contribution in [0.15, 0.2) is 29.2 Å². The van der Waals surface area contributed by atoms with Crippen LogP contribution in [-0.2, 0) is 10.0 Å². The SMILES string of the molecule is CNS(=O)(=O)c1ccc(N2CCCCC2CO)cc1. The number of hydrogen-bond acceptors (Lipinski definition) is 4. The van der Waals surface area contributed by atoms with E-state index in [1.807, 2.05) is 0 Å². The van der Waals surface area contributed by atoms with E-state index in [0.29, 0.717) is 0 Å². The second-order valence-electron chi connectivity index (χ2n) is 4.73. The molecule has 2 rings (SSSR count). The summed E-state index contributed by atoms with van der Waals surface area (Å²) >= 11 is 0. The summed E-state index contributed by atoms with van der Waals surface area (Å²) in [7, 11) is -1.98. The number of aliphatic hydroxyl groups excluding tert-OH is 1. The Bertz CT molecular complexity index is 513. The molecule has 2 N–H and O–H groups in total. The molecule has 1 aliphatic rings. The van der Waals surface area contributed by atoms with Gasteiger partial charge >= 0.3 is 0 Å². The Labute approximate surface area is 114 Å². The highest BCUT2D eigenvalue weighted by molar-refractivity contribution is 7.89. The Morgan fingerprint density at radius 1 is 1.32 bits per heavy atom. The molecular formula is C13H20N2O3S. The summed E-state index contributed by atoms with van der Waals surface area (Å²) in [5, 5.41) is 9.40. The highest BCUT2D eigenvalue weighted by Crippen LogP contribution is 2.25. The van der Waals surface area contributed by atoms with E-state index in [-0.39, 0.29) is 17.5 Å². The molecule has 1 aromatic rings. The molecule has 0 aliphatic carbocycles. The minimum Gasteiger partial charge on any atom is -0.394 e. The quantitative estimate of drug-likeness (QED) is 0.863. The van der Waals surface area contributed by atoms with E-state index in [4.69, 9.17) is 0 Å². The van der Waals surface area contributed by atoms with Crippen LogP contribution in [0.25, 0.3) is 0 Å². The summed E-state index contributed by atoms with van der Waals surface area (Å²) in [6.07, 6.45) is 3.22. The fourth-order valence-electron chi connectivity index (χ4n) is 2.46. The summed E-state index contributed by atoms with van der Waals surface area (Å²) < 4.78 is 25.6. The van der Waals surface area contributed by atoms with Crippen LogP contribution < -0.4 is 9.62 Å². The lowest BCUT2D eigenvalue weighted by atomic mass is 10.0. The van der Waals surface area contributed by atoms with E-state index in [2.05, 4.69) is 9.62 Å². The Morgan fingerprint density at radius 3 is 2.58 bits per heavy atom. The van der Waals surface area contributed by atoms with E-state index >= 15 is 0 Å². The van der Waals surface area contributed by atoms with Crippen molar-refractivity contribution in [3.63, 3.8) is 0 Å². The number of nitrogens with one attached hydrogen (secondary N) is 1. The molecule has 1 atom stereocenters. The van der Waals surface area contributed by atoms with Crippen molar-refractivity contribution in [3.8, 4) is 0 Å². The van der Waals surface area contributed by atoms with Crippen molar-refractivity contribution in [1.29, 1.82) is 0 Å². The zero-order chi connectivity index (χ0) is 13.9. The van der Waals surface area contributed by atoms with Crippen LogP contribution in [0.2, 0.25) is 0 Å². The van der Waals surface area contributed by atoms with Crippen molar-refractivity contribution < 1.29 is 13.5 Å². The standard InChI is InChI=1S/C13H20N2O3S/c1-14-19(17,18)13-7-5-11(6-8-13)15-9-3-2-4-12(15)10-16/h5-8,12,14,16H,2-4,9-10H2,1H3. The number of benzene rings is 1. The summed E-state index contributed by atoms with van der Waals surface area (Å²) in [6, 6.07) is 6.95. The van der Waals surface area contributed by atoms with Crippen LogP contribution in [0.4, 0.5) is 5.69 Å². The molecule has 0 bridgehead atoms. The third kappa shape index (κ3) is 3.08. The first-order valence-electron chi connectivity index (χ1n) is 6.49. The largest absolute Gasteiger partial charge is 0.394 e. The molecule has 19 heavy (non-hydrogen) atoms. The molecule has 0 saturated carbocycles. The number of nitrogens with zero attached hydrogens (tertiary/aromatic N) is 1. The highest BCUT2D eigenvalue weighted by atomic mass is 32.2. The van der Waals surface area contributed by atoms with Crippen LogP contribution >= 0.6 is 0 Å². The van der Waals surface area contributed by atoms with Gasteiger partial charge in [-0.3, -0.25) is 0 Å². The van der Waals surface area contributed by atoms with Crippen LogP contribution in [0, 0.1) is 0 Å². The van der Waals surface area contributed by atoms with E-state index < -0.39 is 10.0 Å². The van der Waals surface area contributed by atoms with E-state index in [0.717, 1.165) is 31.5 Å². The summed E-state index contributed by atoms with van der Waals surface area (Å²) in [5.74, 6) is 0. The molecule has 106 valence electrons. The number of anilines is 1. The lowest BCUT2D eigenvalue weighted by molar-refractivity contribution is 0.240. The smallest absolute Gasteiger partial charge is 0.240 e. The third-order valence-electron chi connectivity index (χ3n) is 3.59. The minimum atomic E-state index is -3.38. The molecule has 5 nitrogen and oxygen atoms in total. The van der Waals surface area contributed by atoms with E-state index in [1.54, 1.807) is 24.3 Å². The maximum Gasteiger partial charge on any atom is 0.240 e. The van der Waals surface area contributed by atoms with Gasteiger partial charge in [0.05, 0.1) is 17.5 Å². The number of piperidine rings is 1. The van der Waals surface area contributed by atoms with Gasteiger partial charge < -0.3 is 10.0 Å². The lowest BCUT2D eigenvalue weighted by Crippen LogP contribution is -2.41. The van der Waals surface area contributed by atoms with Gasteiger partial charge in [0.25, 0.3) is 0 Å². The van der Waals surface area contributed by atoms with Gasteiger partial charge in [0.2, 0.25) is 10.0 Å². The fourth-order valence-corrected chi connectivity index (χ4v) is 3.19. The zero-order valence-electron chi connectivity index (χ0n) is 11.0. The molecular weight excluding hydrogens is 264 g/mol. The van der Waals surface area contributed by atoms with Gasteiger partial charge in [0, 0.05) is 12.2 Å². The highest BCUT2D eigenvalue weighted by Gasteiger charge is 2.22. The fraction of sp³-hybridized carbons (Fsp3) is 0.538. The van der Waals surface area contributed by atoms with Crippen molar-refractivity contribution >= 4 is 15.7 Å². The average Bonchev–Trinajstić information content (AvgIpc) is 2.47. The molecule has 1 fully saturated rings. The van der Waals surface area contributed by atoms with Gasteiger partial charge in [-0.1, -0.05) is 0 Å². The maximum atomic E-state index is 11.6. The van der Waals surface area contributed by atoms with Gasteiger partial charge in [0.1, 0.15) is 0 Å². The lowest BCUT2D eigenvalue weighted by Gasteiger charge is -2.36. The van der Waals surface area contributed by atoms with Crippen molar-refractivity contribution in [2.45, 2.75) is 30.2 Å². The van der Waals surface area contributed by atoms with E-state index in [1.165, 1.54) is 7.05 Å². The van der Waals surface area contributed by atoms with Gasteiger partial charge in [0.15, 0.2) is 0 Å². The molecule has 1 unspecified atom stereocenters. The zero-order valence-corrected chi connectivity index (χ0v) is 11.9. The predicted octanol–water partition coefficient (Wildman–Crippen LogP) is 0.946. The molecule has 0 amide bonds.